The van der Waals surface area contributed by atoms with Gasteiger partial charge in [0.05, 0.1) is 5.01 Å². The van der Waals surface area contributed by atoms with Crippen LogP contribution in [0.1, 0.15) is 43.3 Å². The van der Waals surface area contributed by atoms with Gasteiger partial charge in [0, 0.05) is 31.4 Å². The lowest BCUT2D eigenvalue weighted by atomic mass is 9.87. The lowest BCUT2D eigenvalue weighted by Gasteiger charge is -2.28. The summed E-state index contributed by atoms with van der Waals surface area (Å²) in [5, 5.41) is 8.07. The number of rotatable bonds is 4. The highest BCUT2D eigenvalue weighted by molar-refractivity contribution is 7.09. The van der Waals surface area contributed by atoms with Crippen LogP contribution < -0.4 is 10.6 Å². The van der Waals surface area contributed by atoms with Crippen LogP contribution in [0.2, 0.25) is 0 Å². The van der Waals surface area contributed by atoms with Gasteiger partial charge in [0.15, 0.2) is 11.7 Å². The fourth-order valence-corrected chi connectivity index (χ4v) is 3.44. The van der Waals surface area contributed by atoms with Crippen LogP contribution in [0, 0.1) is 5.92 Å². The number of guanidine groups is 1. The third-order valence-corrected chi connectivity index (χ3v) is 4.96. The van der Waals surface area contributed by atoms with Gasteiger partial charge >= 0.3 is 6.18 Å². The molecule has 0 bridgehead atoms. The Morgan fingerprint density at radius 3 is 2.61 bits per heavy atom. The number of alkyl halides is 3. The second-order valence-corrected chi connectivity index (χ2v) is 6.92. The molecule has 1 saturated carbocycles. The van der Waals surface area contributed by atoms with E-state index in [9.17, 15) is 13.2 Å². The maximum absolute atomic E-state index is 12.5. The van der Waals surface area contributed by atoms with E-state index in [0.29, 0.717) is 30.0 Å². The zero-order valence-corrected chi connectivity index (χ0v) is 14.2. The lowest BCUT2D eigenvalue weighted by Crippen LogP contribution is -2.45. The second kappa shape index (κ2) is 7.99. The zero-order chi connectivity index (χ0) is 16.9. The predicted octanol–water partition coefficient (Wildman–Crippen LogP) is 3.45. The molecular formula is C15H23F3N4S. The van der Waals surface area contributed by atoms with Crippen molar-refractivity contribution >= 4 is 17.3 Å². The van der Waals surface area contributed by atoms with Crippen molar-refractivity contribution in [3.05, 3.63) is 16.1 Å². The number of aromatic nitrogens is 1. The summed E-state index contributed by atoms with van der Waals surface area (Å²) in [6.45, 7) is 2.78. The summed E-state index contributed by atoms with van der Waals surface area (Å²) >= 11 is 1.04. The van der Waals surface area contributed by atoms with Crippen molar-refractivity contribution in [2.75, 3.05) is 13.6 Å². The Hall–Kier alpha value is -1.31. The highest BCUT2D eigenvalue weighted by Crippen LogP contribution is 2.30. The molecule has 23 heavy (non-hydrogen) atoms. The minimum atomic E-state index is -4.36. The number of thiazole rings is 1. The first-order valence-corrected chi connectivity index (χ1v) is 8.75. The van der Waals surface area contributed by atoms with Crippen LogP contribution in [-0.2, 0) is 12.6 Å². The molecule has 1 aliphatic carbocycles. The molecule has 2 N–H and O–H groups in total. The Kier molecular flexibility index (Phi) is 6.26. The van der Waals surface area contributed by atoms with E-state index in [0.717, 1.165) is 35.5 Å². The van der Waals surface area contributed by atoms with Gasteiger partial charge in [-0.05, 0) is 31.6 Å². The summed E-state index contributed by atoms with van der Waals surface area (Å²) in [5.74, 6) is 1.49. The van der Waals surface area contributed by atoms with Crippen LogP contribution in [-0.4, -0.2) is 30.6 Å². The SMILES string of the molecule is CN=C(NCCc1nc(C(F)(F)F)cs1)NC1CCC(C)CC1. The highest BCUT2D eigenvalue weighted by Gasteiger charge is 2.33. The molecule has 4 nitrogen and oxygen atoms in total. The average molecular weight is 348 g/mol. The van der Waals surface area contributed by atoms with E-state index in [4.69, 9.17) is 0 Å². The van der Waals surface area contributed by atoms with E-state index >= 15 is 0 Å². The van der Waals surface area contributed by atoms with Crippen molar-refractivity contribution in [3.8, 4) is 0 Å². The summed E-state index contributed by atoms with van der Waals surface area (Å²) in [4.78, 5) is 7.80. The van der Waals surface area contributed by atoms with E-state index in [1.54, 1.807) is 7.05 Å². The molecule has 0 unspecified atom stereocenters. The molecule has 2 rings (SSSR count). The van der Waals surface area contributed by atoms with Gasteiger partial charge in [-0.15, -0.1) is 11.3 Å². The van der Waals surface area contributed by atoms with Crippen molar-refractivity contribution in [2.24, 2.45) is 10.9 Å². The van der Waals surface area contributed by atoms with Crippen LogP contribution in [0.25, 0.3) is 0 Å². The molecule has 0 aromatic carbocycles. The van der Waals surface area contributed by atoms with Crippen LogP contribution in [0.3, 0.4) is 0 Å². The van der Waals surface area contributed by atoms with Crippen molar-refractivity contribution in [2.45, 2.75) is 51.2 Å². The van der Waals surface area contributed by atoms with E-state index in [1.807, 2.05) is 0 Å². The number of aliphatic imine (C=N–C) groups is 1. The Morgan fingerprint density at radius 2 is 2.04 bits per heavy atom. The van der Waals surface area contributed by atoms with Gasteiger partial charge in [-0.2, -0.15) is 13.2 Å². The van der Waals surface area contributed by atoms with Crippen LogP contribution in [0.5, 0.6) is 0 Å². The first kappa shape index (κ1) is 18.0. The van der Waals surface area contributed by atoms with Crippen molar-refractivity contribution in [1.29, 1.82) is 0 Å². The highest BCUT2D eigenvalue weighted by atomic mass is 32.1. The molecular weight excluding hydrogens is 325 g/mol. The molecule has 0 atom stereocenters. The first-order valence-electron chi connectivity index (χ1n) is 7.87. The molecule has 130 valence electrons. The molecule has 1 fully saturated rings. The first-order chi connectivity index (χ1) is 10.9. The molecule has 1 heterocycles. The Balaban J connectivity index is 1.74. The molecule has 8 heteroatoms. The van der Waals surface area contributed by atoms with Crippen LogP contribution in [0.15, 0.2) is 10.4 Å². The summed E-state index contributed by atoms with van der Waals surface area (Å²) in [6, 6.07) is 0.425. The predicted molar refractivity (Wildman–Crippen MR) is 86.7 cm³/mol. The van der Waals surface area contributed by atoms with Crippen LogP contribution >= 0.6 is 11.3 Å². The Bertz CT molecular complexity index is 519. The van der Waals surface area contributed by atoms with Gasteiger partial charge in [-0.1, -0.05) is 6.92 Å². The topological polar surface area (TPSA) is 49.3 Å². The maximum atomic E-state index is 12.5. The van der Waals surface area contributed by atoms with Crippen molar-refractivity contribution < 1.29 is 13.2 Å². The third-order valence-electron chi connectivity index (χ3n) is 4.05. The lowest BCUT2D eigenvalue weighted by molar-refractivity contribution is -0.140. The van der Waals surface area contributed by atoms with Gasteiger partial charge in [-0.3, -0.25) is 4.99 Å². The molecule has 0 radical (unpaired) electrons. The van der Waals surface area contributed by atoms with Crippen molar-refractivity contribution in [3.63, 3.8) is 0 Å². The van der Waals surface area contributed by atoms with Gasteiger partial charge in [0.25, 0.3) is 0 Å². The van der Waals surface area contributed by atoms with Crippen LogP contribution in [0.4, 0.5) is 13.2 Å². The number of nitrogens with zero attached hydrogens (tertiary/aromatic N) is 2. The molecule has 0 amide bonds. The third kappa shape index (κ3) is 5.67. The minimum absolute atomic E-state index is 0.425. The fraction of sp³-hybridized carbons (Fsp3) is 0.733. The maximum Gasteiger partial charge on any atom is 0.434 e. The number of hydrogen-bond donors (Lipinski definition) is 2. The molecule has 0 saturated heterocycles. The minimum Gasteiger partial charge on any atom is -0.356 e. The van der Waals surface area contributed by atoms with Crippen molar-refractivity contribution in [1.82, 2.24) is 15.6 Å². The molecule has 1 aromatic rings. The number of nitrogens with one attached hydrogen (secondary N) is 2. The Morgan fingerprint density at radius 1 is 1.35 bits per heavy atom. The number of halogens is 3. The molecule has 1 aromatic heterocycles. The van der Waals surface area contributed by atoms with E-state index in [2.05, 4.69) is 27.5 Å². The summed E-state index contributed by atoms with van der Waals surface area (Å²) < 4.78 is 37.5. The van der Waals surface area contributed by atoms with E-state index in [-0.39, 0.29) is 0 Å². The van der Waals surface area contributed by atoms with Gasteiger partial charge < -0.3 is 10.6 Å². The van der Waals surface area contributed by atoms with E-state index < -0.39 is 11.9 Å². The normalized spacial score (nSPS) is 22.9. The molecule has 0 spiro atoms. The van der Waals surface area contributed by atoms with E-state index in [1.165, 1.54) is 12.8 Å². The number of hydrogen-bond acceptors (Lipinski definition) is 3. The molecule has 0 aliphatic heterocycles. The van der Waals surface area contributed by atoms with Gasteiger partial charge in [0.1, 0.15) is 0 Å². The largest absolute Gasteiger partial charge is 0.434 e. The van der Waals surface area contributed by atoms with Gasteiger partial charge in [-0.25, -0.2) is 4.98 Å². The summed E-state index contributed by atoms with van der Waals surface area (Å²) in [7, 11) is 1.70. The summed E-state index contributed by atoms with van der Waals surface area (Å²) in [6.07, 6.45) is 0.773. The second-order valence-electron chi connectivity index (χ2n) is 5.97. The average Bonchev–Trinajstić information content (AvgIpc) is 2.97. The monoisotopic (exact) mass is 348 g/mol. The smallest absolute Gasteiger partial charge is 0.356 e. The van der Waals surface area contributed by atoms with Gasteiger partial charge in [0.2, 0.25) is 0 Å². The Labute approximate surface area is 138 Å². The fourth-order valence-electron chi connectivity index (χ4n) is 2.64. The quantitative estimate of drug-likeness (QED) is 0.647. The molecule has 1 aliphatic rings. The standard InChI is InChI=1S/C15H23F3N4S/c1-10-3-5-11(6-4-10)21-14(19-2)20-8-7-13-22-12(9-23-13)15(16,17)18/h9-11H,3-8H2,1-2H3,(H2,19,20,21). The summed E-state index contributed by atoms with van der Waals surface area (Å²) in [5.41, 5.74) is -0.809. The zero-order valence-electron chi connectivity index (χ0n) is 13.4.